The fourth-order valence-electron chi connectivity index (χ4n) is 3.17. The average molecular weight is 183 g/mol. The van der Waals surface area contributed by atoms with Crippen LogP contribution in [0.1, 0.15) is 39.0 Å². The third-order valence-electron chi connectivity index (χ3n) is 4.18. The first-order chi connectivity index (χ1) is 6.15. The Labute approximate surface area is 78.7 Å². The van der Waals surface area contributed by atoms with Crippen LogP contribution < -0.4 is 0 Å². The maximum Gasteiger partial charge on any atom is 0.209 e. The Hall–Kier alpha value is -0.600. The topological polar surface area (TPSA) is 43.1 Å². The molecule has 13 heavy (non-hydrogen) atoms. The van der Waals surface area contributed by atoms with Crippen LogP contribution in [0.3, 0.4) is 0 Å². The molecule has 0 aromatic carbocycles. The summed E-state index contributed by atoms with van der Waals surface area (Å²) in [5.74, 6) is 1.67. The zero-order valence-electron chi connectivity index (χ0n) is 8.16. The molecule has 0 aliphatic heterocycles. The zero-order chi connectivity index (χ0) is 9.47. The van der Waals surface area contributed by atoms with Gasteiger partial charge in [-0.05, 0) is 43.9 Å². The summed E-state index contributed by atoms with van der Waals surface area (Å²) in [6.07, 6.45) is 5.87. The van der Waals surface area contributed by atoms with Gasteiger partial charge in [-0.2, -0.15) is 0 Å². The van der Waals surface area contributed by atoms with Crippen molar-refractivity contribution >= 4 is 0 Å². The second kappa shape index (κ2) is 2.96. The quantitative estimate of drug-likeness (QED) is 0.498. The minimum atomic E-state index is -0.117. The summed E-state index contributed by atoms with van der Waals surface area (Å²) in [4.78, 5) is 10.4. The summed E-state index contributed by atoms with van der Waals surface area (Å²) in [5, 5.41) is 10.6. The van der Waals surface area contributed by atoms with E-state index in [0.29, 0.717) is 0 Å². The highest BCUT2D eigenvalue weighted by atomic mass is 16.6. The first-order valence-electron chi connectivity index (χ1n) is 5.27. The van der Waals surface area contributed by atoms with Gasteiger partial charge in [0.05, 0.1) is 0 Å². The lowest BCUT2D eigenvalue weighted by Gasteiger charge is -2.29. The Morgan fingerprint density at radius 3 is 2.23 bits per heavy atom. The van der Waals surface area contributed by atoms with Crippen molar-refractivity contribution in [3.05, 3.63) is 10.1 Å². The van der Waals surface area contributed by atoms with Gasteiger partial charge in [-0.3, -0.25) is 10.1 Å². The van der Waals surface area contributed by atoms with Crippen molar-refractivity contribution in [2.45, 2.75) is 39.0 Å². The van der Waals surface area contributed by atoms with E-state index in [1.165, 1.54) is 12.8 Å². The van der Waals surface area contributed by atoms with Crippen LogP contribution in [-0.4, -0.2) is 11.5 Å². The number of fused-ring (bicyclic) bond motifs is 1. The van der Waals surface area contributed by atoms with Crippen LogP contribution in [0.15, 0.2) is 0 Å². The standard InChI is InChI=1S/C10H17NO2/c1-2-10(7-11(12)13)5-8-3-4-9(8)6-10/h8-9H,2-7H2,1H3/t8-,9+,10?. The van der Waals surface area contributed by atoms with Gasteiger partial charge >= 0.3 is 0 Å². The Morgan fingerprint density at radius 1 is 1.38 bits per heavy atom. The summed E-state index contributed by atoms with van der Waals surface area (Å²) < 4.78 is 0. The summed E-state index contributed by atoms with van der Waals surface area (Å²) in [6, 6.07) is 0. The van der Waals surface area contributed by atoms with Gasteiger partial charge in [0, 0.05) is 10.3 Å². The van der Waals surface area contributed by atoms with Gasteiger partial charge in [0.2, 0.25) is 6.54 Å². The highest BCUT2D eigenvalue weighted by Crippen LogP contribution is 2.56. The summed E-state index contributed by atoms with van der Waals surface area (Å²) >= 11 is 0. The molecular formula is C10H17NO2. The molecule has 1 unspecified atom stereocenters. The SMILES string of the molecule is CCC1(C[N+](=O)[O-])C[C@H]2CC[C@H]2C1. The van der Waals surface area contributed by atoms with Crippen molar-refractivity contribution in [1.82, 2.24) is 0 Å². The third-order valence-corrected chi connectivity index (χ3v) is 4.18. The molecule has 0 radical (unpaired) electrons. The smallest absolute Gasteiger partial charge is 0.209 e. The van der Waals surface area contributed by atoms with E-state index >= 15 is 0 Å². The van der Waals surface area contributed by atoms with Crippen molar-refractivity contribution in [2.24, 2.45) is 17.3 Å². The molecule has 74 valence electrons. The van der Waals surface area contributed by atoms with Crippen LogP contribution in [0.25, 0.3) is 0 Å². The van der Waals surface area contributed by atoms with Crippen LogP contribution in [-0.2, 0) is 0 Å². The predicted molar refractivity (Wildman–Crippen MR) is 50.0 cm³/mol. The van der Waals surface area contributed by atoms with E-state index < -0.39 is 0 Å². The number of hydrogen-bond donors (Lipinski definition) is 0. The molecule has 2 fully saturated rings. The number of nitro groups is 1. The van der Waals surface area contributed by atoms with E-state index in [-0.39, 0.29) is 16.9 Å². The maximum absolute atomic E-state index is 10.6. The van der Waals surface area contributed by atoms with E-state index in [1.807, 2.05) is 0 Å². The van der Waals surface area contributed by atoms with E-state index in [0.717, 1.165) is 31.1 Å². The summed E-state index contributed by atoms with van der Waals surface area (Å²) in [5.41, 5.74) is 0.0648. The van der Waals surface area contributed by atoms with Gasteiger partial charge in [0.15, 0.2) is 0 Å². The molecule has 0 bridgehead atoms. The Morgan fingerprint density at radius 2 is 1.92 bits per heavy atom. The van der Waals surface area contributed by atoms with Crippen LogP contribution >= 0.6 is 0 Å². The number of hydrogen-bond acceptors (Lipinski definition) is 2. The fourth-order valence-corrected chi connectivity index (χ4v) is 3.17. The maximum atomic E-state index is 10.6. The first-order valence-corrected chi connectivity index (χ1v) is 5.27. The molecule has 0 aromatic heterocycles. The Kier molecular flexibility index (Phi) is 2.05. The summed E-state index contributed by atoms with van der Waals surface area (Å²) in [6.45, 7) is 2.31. The molecular weight excluding hydrogens is 166 g/mol. The van der Waals surface area contributed by atoms with E-state index in [4.69, 9.17) is 0 Å². The molecule has 3 nitrogen and oxygen atoms in total. The second-order valence-corrected chi connectivity index (χ2v) is 4.85. The van der Waals surface area contributed by atoms with Crippen LogP contribution in [0.4, 0.5) is 0 Å². The molecule has 2 saturated carbocycles. The molecule has 0 heterocycles. The average Bonchev–Trinajstić information content (AvgIpc) is 2.28. The van der Waals surface area contributed by atoms with Gasteiger partial charge in [-0.15, -0.1) is 0 Å². The zero-order valence-corrected chi connectivity index (χ0v) is 8.16. The summed E-state index contributed by atoms with van der Waals surface area (Å²) in [7, 11) is 0. The highest BCUT2D eigenvalue weighted by molar-refractivity contribution is 4.98. The lowest BCUT2D eigenvalue weighted by atomic mass is 9.77. The highest BCUT2D eigenvalue weighted by Gasteiger charge is 2.50. The molecule has 2 rings (SSSR count). The Bertz CT molecular complexity index is 215. The minimum Gasteiger partial charge on any atom is -0.265 e. The number of nitrogens with zero attached hydrogens (tertiary/aromatic N) is 1. The Balaban J connectivity index is 2.03. The molecule has 0 N–H and O–H groups in total. The molecule has 0 saturated heterocycles. The van der Waals surface area contributed by atoms with Gasteiger partial charge in [0.1, 0.15) is 0 Å². The van der Waals surface area contributed by atoms with E-state index in [2.05, 4.69) is 6.92 Å². The second-order valence-electron chi connectivity index (χ2n) is 4.85. The van der Waals surface area contributed by atoms with Crippen molar-refractivity contribution in [2.75, 3.05) is 6.54 Å². The van der Waals surface area contributed by atoms with Crippen molar-refractivity contribution in [3.8, 4) is 0 Å². The van der Waals surface area contributed by atoms with Gasteiger partial charge in [-0.1, -0.05) is 6.92 Å². The minimum absolute atomic E-state index is 0.0648. The van der Waals surface area contributed by atoms with Crippen LogP contribution in [0.5, 0.6) is 0 Å². The molecule has 3 heteroatoms. The monoisotopic (exact) mass is 183 g/mol. The third kappa shape index (κ3) is 1.45. The molecule has 3 atom stereocenters. The van der Waals surface area contributed by atoms with Crippen molar-refractivity contribution in [3.63, 3.8) is 0 Å². The lowest BCUT2D eigenvalue weighted by molar-refractivity contribution is -0.497. The predicted octanol–water partition coefficient (Wildman–Crippen LogP) is 2.48. The van der Waals surface area contributed by atoms with Gasteiger partial charge < -0.3 is 0 Å². The first kappa shape index (κ1) is 8.97. The number of rotatable bonds is 3. The van der Waals surface area contributed by atoms with E-state index in [9.17, 15) is 10.1 Å². The molecule has 2 aliphatic rings. The van der Waals surface area contributed by atoms with Crippen LogP contribution in [0, 0.1) is 27.4 Å². The lowest BCUT2D eigenvalue weighted by Crippen LogP contribution is -2.26. The van der Waals surface area contributed by atoms with Crippen molar-refractivity contribution in [1.29, 1.82) is 0 Å². The fraction of sp³-hybridized carbons (Fsp3) is 1.00. The molecule has 0 amide bonds. The van der Waals surface area contributed by atoms with E-state index in [1.54, 1.807) is 0 Å². The molecule has 2 aliphatic carbocycles. The van der Waals surface area contributed by atoms with Crippen LogP contribution in [0.2, 0.25) is 0 Å². The molecule has 0 aromatic rings. The normalized spacial score (nSPS) is 42.5. The largest absolute Gasteiger partial charge is 0.265 e. The van der Waals surface area contributed by atoms with Gasteiger partial charge in [-0.25, -0.2) is 0 Å². The van der Waals surface area contributed by atoms with Gasteiger partial charge in [0.25, 0.3) is 0 Å². The van der Waals surface area contributed by atoms with Crippen molar-refractivity contribution < 1.29 is 4.92 Å². The molecule has 0 spiro atoms.